The van der Waals surface area contributed by atoms with Crippen LogP contribution < -0.4 is 35.1 Å². The molecule has 0 bridgehead atoms. The second-order valence-corrected chi connectivity index (χ2v) is 7.09. The average Bonchev–Trinajstić information content (AvgIpc) is 2.90. The molecule has 0 aliphatic heterocycles. The van der Waals surface area contributed by atoms with E-state index in [2.05, 4.69) is 16.2 Å². The normalized spacial score (nSPS) is 10.1. The Morgan fingerprint density at radius 2 is 1.17 bits per heavy atom. The quantitative estimate of drug-likeness (QED) is 0.424. The molecule has 182 valence electrons. The van der Waals surface area contributed by atoms with E-state index in [9.17, 15) is 14.4 Å². The third-order valence-electron chi connectivity index (χ3n) is 4.93. The summed E-state index contributed by atoms with van der Waals surface area (Å²) in [5.74, 6) is -0.0665. The zero-order valence-electron chi connectivity index (χ0n) is 19.6. The zero-order valence-corrected chi connectivity index (χ0v) is 19.6. The number of carbonyl (C=O) groups is 3. The summed E-state index contributed by atoms with van der Waals surface area (Å²) in [5, 5.41) is 2.73. The molecule has 3 aromatic rings. The van der Waals surface area contributed by atoms with Crippen molar-refractivity contribution in [3.05, 3.63) is 77.4 Å². The molecule has 0 saturated heterocycles. The van der Waals surface area contributed by atoms with Crippen LogP contribution in [0.15, 0.2) is 60.7 Å². The molecule has 0 aliphatic carbocycles. The van der Waals surface area contributed by atoms with Crippen molar-refractivity contribution in [3.8, 4) is 23.0 Å². The number of methoxy groups -OCH3 is 4. The lowest BCUT2D eigenvalue weighted by Crippen LogP contribution is -2.41. The van der Waals surface area contributed by atoms with Gasteiger partial charge in [0.1, 0.15) is 5.75 Å². The Kier molecular flexibility index (Phi) is 8.12. The van der Waals surface area contributed by atoms with E-state index in [1.165, 1.54) is 46.6 Å². The van der Waals surface area contributed by atoms with E-state index in [1.807, 2.05) is 0 Å². The van der Waals surface area contributed by atoms with Crippen LogP contribution in [0.2, 0.25) is 0 Å². The fourth-order valence-electron chi connectivity index (χ4n) is 3.18. The first-order valence-electron chi connectivity index (χ1n) is 10.4. The van der Waals surface area contributed by atoms with Crippen molar-refractivity contribution >= 4 is 23.4 Å². The number of rotatable bonds is 8. The van der Waals surface area contributed by atoms with Gasteiger partial charge >= 0.3 is 0 Å². The molecule has 35 heavy (non-hydrogen) atoms. The van der Waals surface area contributed by atoms with Crippen LogP contribution >= 0.6 is 0 Å². The van der Waals surface area contributed by atoms with Gasteiger partial charge in [-0.15, -0.1) is 0 Å². The Bertz CT molecular complexity index is 1220. The average molecular weight is 479 g/mol. The Labute approximate surface area is 202 Å². The first kappa shape index (κ1) is 24.9. The molecule has 0 fully saturated rings. The van der Waals surface area contributed by atoms with Crippen molar-refractivity contribution < 1.29 is 33.3 Å². The predicted molar refractivity (Wildman–Crippen MR) is 128 cm³/mol. The Morgan fingerprint density at radius 1 is 0.600 bits per heavy atom. The van der Waals surface area contributed by atoms with E-state index in [0.29, 0.717) is 34.2 Å². The first-order chi connectivity index (χ1) is 16.9. The van der Waals surface area contributed by atoms with Crippen molar-refractivity contribution in [1.29, 1.82) is 0 Å². The Balaban J connectivity index is 1.67. The van der Waals surface area contributed by atoms with E-state index in [1.54, 1.807) is 42.5 Å². The summed E-state index contributed by atoms with van der Waals surface area (Å²) in [7, 11) is 5.83. The lowest BCUT2D eigenvalue weighted by Gasteiger charge is -2.14. The molecule has 3 amide bonds. The van der Waals surface area contributed by atoms with Crippen LogP contribution in [0.4, 0.5) is 5.69 Å². The van der Waals surface area contributed by atoms with Crippen LogP contribution in [-0.4, -0.2) is 46.2 Å². The highest BCUT2D eigenvalue weighted by molar-refractivity contribution is 6.05. The smallest absolute Gasteiger partial charge is 0.269 e. The monoisotopic (exact) mass is 479 g/mol. The summed E-state index contributed by atoms with van der Waals surface area (Å²) in [6.45, 7) is 0. The van der Waals surface area contributed by atoms with Crippen molar-refractivity contribution in [1.82, 2.24) is 10.9 Å². The molecule has 0 spiro atoms. The van der Waals surface area contributed by atoms with Crippen molar-refractivity contribution in [2.75, 3.05) is 33.8 Å². The largest absolute Gasteiger partial charge is 0.497 e. The van der Waals surface area contributed by atoms with Gasteiger partial charge in [-0.2, -0.15) is 0 Å². The summed E-state index contributed by atoms with van der Waals surface area (Å²) < 4.78 is 20.9. The standard InChI is InChI=1S/C25H25N3O7/c1-32-19-10-6-8-16(12-19)23(29)26-18-9-5-7-15(11-18)24(30)27-28-25(31)17-13-20(33-2)22(35-4)21(14-17)34-3/h5-14H,1-4H3,(H,26,29)(H,27,30)(H,28,31). The van der Waals surface area contributed by atoms with Gasteiger partial charge in [-0.3, -0.25) is 25.2 Å². The number of benzene rings is 3. The number of amides is 3. The predicted octanol–water partition coefficient (Wildman–Crippen LogP) is 3.05. The van der Waals surface area contributed by atoms with Gasteiger partial charge in [-0.1, -0.05) is 12.1 Å². The topological polar surface area (TPSA) is 124 Å². The molecular weight excluding hydrogens is 454 g/mol. The van der Waals surface area contributed by atoms with Crippen LogP contribution in [0, 0.1) is 0 Å². The second kappa shape index (κ2) is 11.4. The molecule has 0 atom stereocenters. The van der Waals surface area contributed by atoms with Crippen LogP contribution in [0.3, 0.4) is 0 Å². The van der Waals surface area contributed by atoms with Gasteiger partial charge in [-0.25, -0.2) is 0 Å². The lowest BCUT2D eigenvalue weighted by atomic mass is 10.1. The fourth-order valence-corrected chi connectivity index (χ4v) is 3.18. The SMILES string of the molecule is COc1cccc(C(=O)Nc2cccc(C(=O)NNC(=O)c3cc(OC)c(OC)c(OC)c3)c2)c1. The third-order valence-corrected chi connectivity index (χ3v) is 4.93. The number of anilines is 1. The van der Waals surface area contributed by atoms with Crippen LogP contribution in [0.5, 0.6) is 23.0 Å². The molecule has 10 heteroatoms. The highest BCUT2D eigenvalue weighted by Gasteiger charge is 2.18. The van der Waals surface area contributed by atoms with Crippen LogP contribution in [0.1, 0.15) is 31.1 Å². The highest BCUT2D eigenvalue weighted by atomic mass is 16.5. The number of ether oxygens (including phenoxy) is 4. The number of hydrazine groups is 1. The maximum Gasteiger partial charge on any atom is 0.269 e. The van der Waals surface area contributed by atoms with Gasteiger partial charge in [0.15, 0.2) is 11.5 Å². The van der Waals surface area contributed by atoms with E-state index >= 15 is 0 Å². The summed E-state index contributed by atoms with van der Waals surface area (Å²) >= 11 is 0. The maximum atomic E-state index is 12.6. The van der Waals surface area contributed by atoms with E-state index in [4.69, 9.17) is 18.9 Å². The van der Waals surface area contributed by atoms with Gasteiger partial charge in [0.05, 0.1) is 28.4 Å². The number of hydrogen-bond donors (Lipinski definition) is 3. The summed E-state index contributed by atoms with van der Waals surface area (Å²) in [4.78, 5) is 37.7. The van der Waals surface area contributed by atoms with Gasteiger partial charge in [0, 0.05) is 22.4 Å². The van der Waals surface area contributed by atoms with E-state index in [0.717, 1.165) is 0 Å². The molecular formula is C25H25N3O7. The number of carbonyl (C=O) groups excluding carboxylic acids is 3. The maximum absolute atomic E-state index is 12.6. The second-order valence-electron chi connectivity index (χ2n) is 7.09. The molecule has 0 aliphatic rings. The molecule has 3 rings (SSSR count). The molecule has 3 N–H and O–H groups in total. The molecule has 0 radical (unpaired) electrons. The first-order valence-corrected chi connectivity index (χ1v) is 10.4. The summed E-state index contributed by atoms with van der Waals surface area (Å²) in [6.07, 6.45) is 0. The van der Waals surface area contributed by atoms with Crippen molar-refractivity contribution in [2.24, 2.45) is 0 Å². The van der Waals surface area contributed by atoms with Gasteiger partial charge in [0.2, 0.25) is 5.75 Å². The van der Waals surface area contributed by atoms with Crippen molar-refractivity contribution in [2.45, 2.75) is 0 Å². The van der Waals surface area contributed by atoms with Gasteiger partial charge < -0.3 is 24.3 Å². The molecule has 0 unspecified atom stereocenters. The minimum Gasteiger partial charge on any atom is -0.497 e. The lowest BCUT2D eigenvalue weighted by molar-refractivity contribution is 0.0846. The Morgan fingerprint density at radius 3 is 1.74 bits per heavy atom. The van der Waals surface area contributed by atoms with E-state index in [-0.39, 0.29) is 17.0 Å². The fraction of sp³-hybridized carbons (Fsp3) is 0.160. The highest BCUT2D eigenvalue weighted by Crippen LogP contribution is 2.38. The van der Waals surface area contributed by atoms with Crippen molar-refractivity contribution in [3.63, 3.8) is 0 Å². The molecule has 10 nitrogen and oxygen atoms in total. The zero-order chi connectivity index (χ0) is 25.4. The number of hydrogen-bond acceptors (Lipinski definition) is 7. The van der Waals surface area contributed by atoms with Gasteiger partial charge in [-0.05, 0) is 48.5 Å². The summed E-state index contributed by atoms with van der Waals surface area (Å²) in [6, 6.07) is 15.9. The van der Waals surface area contributed by atoms with Crippen LogP contribution in [0.25, 0.3) is 0 Å². The number of nitrogens with one attached hydrogen (secondary N) is 3. The van der Waals surface area contributed by atoms with Crippen LogP contribution in [-0.2, 0) is 0 Å². The van der Waals surface area contributed by atoms with Gasteiger partial charge in [0.25, 0.3) is 17.7 Å². The third kappa shape index (κ3) is 5.99. The molecule has 3 aromatic carbocycles. The summed E-state index contributed by atoms with van der Waals surface area (Å²) in [5.41, 5.74) is 5.90. The molecule has 0 saturated carbocycles. The molecule has 0 aromatic heterocycles. The minimum atomic E-state index is -0.597. The Hall–Kier alpha value is -4.73. The minimum absolute atomic E-state index is 0.180. The molecule has 0 heterocycles. The van der Waals surface area contributed by atoms with E-state index < -0.39 is 11.8 Å².